The van der Waals surface area contributed by atoms with E-state index in [1.807, 2.05) is 24.3 Å². The smallest absolute Gasteiger partial charge is 0.321 e. The SMILES string of the molecule is COc1ccc(SCC(=O)Oc2ccc(C(=O)c3ccc(F)cc3)cc2)cc1. The lowest BCUT2D eigenvalue weighted by molar-refractivity contribution is -0.131. The minimum Gasteiger partial charge on any atom is -0.497 e. The Balaban J connectivity index is 1.55. The average Bonchev–Trinajstić information content (AvgIpc) is 2.73. The molecule has 0 N–H and O–H groups in total. The normalized spacial score (nSPS) is 10.4. The number of carbonyl (C=O) groups excluding carboxylic acids is 2. The number of methoxy groups -OCH3 is 1. The van der Waals surface area contributed by atoms with Crippen molar-refractivity contribution in [1.29, 1.82) is 0 Å². The third-order valence-electron chi connectivity index (χ3n) is 3.87. The van der Waals surface area contributed by atoms with Gasteiger partial charge in [0.05, 0.1) is 12.9 Å². The molecular weight excluding hydrogens is 379 g/mol. The molecule has 0 saturated carbocycles. The van der Waals surface area contributed by atoms with Crippen LogP contribution in [0, 0.1) is 5.82 Å². The molecule has 3 aromatic rings. The van der Waals surface area contributed by atoms with Gasteiger partial charge in [-0.3, -0.25) is 9.59 Å². The predicted molar refractivity (Wildman–Crippen MR) is 106 cm³/mol. The second-order valence-corrected chi connectivity index (χ2v) is 6.85. The van der Waals surface area contributed by atoms with Gasteiger partial charge in [-0.05, 0) is 72.8 Å². The number of rotatable bonds is 7. The minimum absolute atomic E-state index is 0.155. The van der Waals surface area contributed by atoms with E-state index in [0.29, 0.717) is 16.9 Å². The summed E-state index contributed by atoms with van der Waals surface area (Å²) in [6.45, 7) is 0. The number of hydrogen-bond donors (Lipinski definition) is 0. The monoisotopic (exact) mass is 396 g/mol. The molecule has 0 aliphatic heterocycles. The van der Waals surface area contributed by atoms with Crippen molar-refractivity contribution >= 4 is 23.5 Å². The molecule has 0 aliphatic rings. The highest BCUT2D eigenvalue weighted by Gasteiger charge is 2.11. The summed E-state index contributed by atoms with van der Waals surface area (Å²) in [5.74, 6) is 0.249. The van der Waals surface area contributed by atoms with E-state index >= 15 is 0 Å². The van der Waals surface area contributed by atoms with Crippen LogP contribution in [0.4, 0.5) is 4.39 Å². The van der Waals surface area contributed by atoms with Crippen molar-refractivity contribution < 1.29 is 23.5 Å². The molecule has 0 bridgehead atoms. The standard InChI is InChI=1S/C22H17FO4S/c1-26-18-10-12-20(13-11-18)28-14-21(24)27-19-8-4-16(5-9-19)22(25)15-2-6-17(23)7-3-15/h2-13H,14H2,1H3. The molecule has 28 heavy (non-hydrogen) atoms. The van der Waals surface area contributed by atoms with Gasteiger partial charge in [-0.2, -0.15) is 0 Å². The van der Waals surface area contributed by atoms with Crippen molar-refractivity contribution in [2.45, 2.75) is 4.90 Å². The van der Waals surface area contributed by atoms with Gasteiger partial charge in [0.2, 0.25) is 0 Å². The number of ether oxygens (including phenoxy) is 2. The van der Waals surface area contributed by atoms with Gasteiger partial charge in [0.15, 0.2) is 5.78 Å². The molecule has 0 radical (unpaired) electrons. The molecule has 6 heteroatoms. The third kappa shape index (κ3) is 5.20. The van der Waals surface area contributed by atoms with Crippen molar-refractivity contribution in [2.24, 2.45) is 0 Å². The number of hydrogen-bond acceptors (Lipinski definition) is 5. The molecule has 0 atom stereocenters. The van der Waals surface area contributed by atoms with Gasteiger partial charge in [0, 0.05) is 16.0 Å². The fraction of sp³-hybridized carbons (Fsp3) is 0.0909. The second-order valence-electron chi connectivity index (χ2n) is 5.80. The van der Waals surface area contributed by atoms with Crippen molar-refractivity contribution in [2.75, 3.05) is 12.9 Å². The Morgan fingerprint density at radius 1 is 0.821 bits per heavy atom. The zero-order valence-corrected chi connectivity index (χ0v) is 15.9. The molecule has 0 saturated heterocycles. The van der Waals surface area contributed by atoms with Gasteiger partial charge in [-0.25, -0.2) is 4.39 Å². The minimum atomic E-state index is -0.397. The van der Waals surface area contributed by atoms with Crippen molar-refractivity contribution in [3.63, 3.8) is 0 Å². The topological polar surface area (TPSA) is 52.6 Å². The van der Waals surface area contributed by atoms with E-state index in [2.05, 4.69) is 0 Å². The highest BCUT2D eigenvalue weighted by atomic mass is 32.2. The highest BCUT2D eigenvalue weighted by Crippen LogP contribution is 2.22. The number of carbonyl (C=O) groups is 2. The molecule has 0 heterocycles. The first kappa shape index (κ1) is 19.6. The van der Waals surface area contributed by atoms with E-state index in [4.69, 9.17) is 9.47 Å². The lowest BCUT2D eigenvalue weighted by Crippen LogP contribution is -2.10. The Labute approximate surface area is 166 Å². The predicted octanol–water partition coefficient (Wildman–Crippen LogP) is 4.76. The van der Waals surface area contributed by atoms with Crippen LogP contribution in [-0.4, -0.2) is 24.6 Å². The van der Waals surface area contributed by atoms with Crippen LogP contribution in [0.5, 0.6) is 11.5 Å². The van der Waals surface area contributed by atoms with Crippen LogP contribution in [0.25, 0.3) is 0 Å². The molecule has 0 amide bonds. The summed E-state index contributed by atoms with van der Waals surface area (Å²) in [7, 11) is 1.60. The van der Waals surface area contributed by atoms with Crippen LogP contribution in [0.2, 0.25) is 0 Å². The van der Waals surface area contributed by atoms with Gasteiger partial charge in [0.25, 0.3) is 0 Å². The van der Waals surface area contributed by atoms with E-state index in [0.717, 1.165) is 10.6 Å². The summed E-state index contributed by atoms with van der Waals surface area (Å²) >= 11 is 1.36. The van der Waals surface area contributed by atoms with E-state index in [1.54, 1.807) is 31.4 Å². The lowest BCUT2D eigenvalue weighted by Gasteiger charge is -2.06. The molecule has 4 nitrogen and oxygen atoms in total. The summed E-state index contributed by atoms with van der Waals surface area (Å²) in [4.78, 5) is 25.3. The quantitative estimate of drug-likeness (QED) is 0.249. The first-order valence-electron chi connectivity index (χ1n) is 8.43. The van der Waals surface area contributed by atoms with Gasteiger partial charge >= 0.3 is 5.97 Å². The maximum atomic E-state index is 13.0. The summed E-state index contributed by atoms with van der Waals surface area (Å²) in [6.07, 6.45) is 0. The average molecular weight is 396 g/mol. The number of ketones is 1. The zero-order chi connectivity index (χ0) is 19.9. The van der Waals surface area contributed by atoms with Crippen LogP contribution in [0.15, 0.2) is 77.7 Å². The fourth-order valence-corrected chi connectivity index (χ4v) is 3.09. The first-order chi connectivity index (χ1) is 13.5. The Kier molecular flexibility index (Phi) is 6.45. The molecule has 142 valence electrons. The van der Waals surface area contributed by atoms with Gasteiger partial charge in [0.1, 0.15) is 17.3 Å². The summed E-state index contributed by atoms with van der Waals surface area (Å²) < 4.78 is 23.3. The molecular formula is C22H17FO4S. The van der Waals surface area contributed by atoms with E-state index in [1.165, 1.54) is 36.0 Å². The van der Waals surface area contributed by atoms with Crippen molar-refractivity contribution in [3.8, 4) is 11.5 Å². The molecule has 0 fully saturated rings. The Morgan fingerprint density at radius 2 is 1.36 bits per heavy atom. The van der Waals surface area contributed by atoms with Crippen molar-refractivity contribution in [3.05, 3.63) is 89.7 Å². The van der Waals surface area contributed by atoms with Gasteiger partial charge in [-0.1, -0.05) is 0 Å². The van der Waals surface area contributed by atoms with Gasteiger partial charge in [-0.15, -0.1) is 11.8 Å². The number of esters is 1. The van der Waals surface area contributed by atoms with E-state index in [-0.39, 0.29) is 11.5 Å². The molecule has 3 rings (SSSR count). The lowest BCUT2D eigenvalue weighted by atomic mass is 10.0. The maximum Gasteiger partial charge on any atom is 0.321 e. The highest BCUT2D eigenvalue weighted by molar-refractivity contribution is 8.00. The molecule has 3 aromatic carbocycles. The van der Waals surface area contributed by atoms with Crippen LogP contribution < -0.4 is 9.47 Å². The first-order valence-corrected chi connectivity index (χ1v) is 9.41. The molecule has 0 aliphatic carbocycles. The fourth-order valence-electron chi connectivity index (χ4n) is 2.42. The Bertz CT molecular complexity index is 951. The van der Waals surface area contributed by atoms with Crippen LogP contribution >= 0.6 is 11.8 Å². The number of thioether (sulfide) groups is 1. The van der Waals surface area contributed by atoms with E-state index in [9.17, 15) is 14.0 Å². The third-order valence-corrected chi connectivity index (χ3v) is 4.86. The summed E-state index contributed by atoms with van der Waals surface area (Å²) in [5.41, 5.74) is 0.820. The maximum absolute atomic E-state index is 13.0. The van der Waals surface area contributed by atoms with Crippen LogP contribution in [0.1, 0.15) is 15.9 Å². The largest absolute Gasteiger partial charge is 0.497 e. The second kappa shape index (κ2) is 9.19. The molecule has 0 aromatic heterocycles. The summed E-state index contributed by atoms with van der Waals surface area (Å²) in [5, 5.41) is 0. The molecule has 0 spiro atoms. The summed E-state index contributed by atoms with van der Waals surface area (Å²) in [6, 6.07) is 19.0. The van der Waals surface area contributed by atoms with Crippen LogP contribution in [-0.2, 0) is 4.79 Å². The van der Waals surface area contributed by atoms with Gasteiger partial charge < -0.3 is 9.47 Å². The Hall–Kier alpha value is -3.12. The van der Waals surface area contributed by atoms with Crippen molar-refractivity contribution in [1.82, 2.24) is 0 Å². The van der Waals surface area contributed by atoms with E-state index < -0.39 is 11.8 Å². The number of benzene rings is 3. The zero-order valence-electron chi connectivity index (χ0n) is 15.1. The number of halogens is 1. The Morgan fingerprint density at radius 3 is 1.93 bits per heavy atom. The molecule has 0 unspecified atom stereocenters. The van der Waals surface area contributed by atoms with Crippen LogP contribution in [0.3, 0.4) is 0 Å².